The Hall–Kier alpha value is -2.47. The molecule has 0 saturated carbocycles. The van der Waals surface area contributed by atoms with Crippen molar-refractivity contribution in [1.82, 2.24) is 19.7 Å². The third-order valence-corrected chi connectivity index (χ3v) is 5.43. The summed E-state index contributed by atoms with van der Waals surface area (Å²) in [5.74, 6) is 0.192. The number of rotatable bonds is 6. The largest absolute Gasteiger partial charge is 0.348 e. The van der Waals surface area contributed by atoms with Crippen molar-refractivity contribution >= 4 is 23.5 Å². The van der Waals surface area contributed by atoms with E-state index >= 15 is 0 Å². The lowest BCUT2D eigenvalue weighted by molar-refractivity contribution is -0.134. The first-order chi connectivity index (χ1) is 13.9. The van der Waals surface area contributed by atoms with Gasteiger partial charge in [0.05, 0.1) is 6.04 Å². The molecule has 0 fully saturated rings. The fourth-order valence-corrected chi connectivity index (χ4v) is 4.09. The van der Waals surface area contributed by atoms with Crippen LogP contribution in [0.4, 0.5) is 4.79 Å². The topological polar surface area (TPSA) is 57.6 Å². The summed E-state index contributed by atoms with van der Waals surface area (Å²) >= 11 is 6.51. The first kappa shape index (κ1) is 21.2. The van der Waals surface area contributed by atoms with Crippen molar-refractivity contribution in [2.45, 2.75) is 33.4 Å². The lowest BCUT2D eigenvalue weighted by Gasteiger charge is -2.39. The molecule has 6 nitrogen and oxygen atoms in total. The Labute approximate surface area is 177 Å². The van der Waals surface area contributed by atoms with Crippen LogP contribution in [0.25, 0.3) is 0 Å². The zero-order valence-corrected chi connectivity index (χ0v) is 18.0. The van der Waals surface area contributed by atoms with E-state index in [4.69, 9.17) is 11.6 Å². The van der Waals surface area contributed by atoms with Gasteiger partial charge in [-0.2, -0.15) is 0 Å². The van der Waals surface area contributed by atoms with Crippen molar-refractivity contribution in [3.63, 3.8) is 0 Å². The molecule has 1 aliphatic heterocycles. The molecule has 1 atom stereocenters. The number of carbonyl (C=O) groups is 2. The maximum atomic E-state index is 13.4. The second-order valence-electron chi connectivity index (χ2n) is 7.75. The number of fused-ring (bicyclic) bond motifs is 1. The number of amides is 3. The van der Waals surface area contributed by atoms with E-state index in [2.05, 4.69) is 9.88 Å². The van der Waals surface area contributed by atoms with Crippen LogP contribution in [0.2, 0.25) is 5.02 Å². The van der Waals surface area contributed by atoms with E-state index in [0.717, 1.165) is 17.8 Å². The van der Waals surface area contributed by atoms with Crippen LogP contribution < -0.4 is 5.32 Å². The molecule has 3 amide bonds. The summed E-state index contributed by atoms with van der Waals surface area (Å²) < 4.78 is 2.16. The Balaban J connectivity index is 1.90. The Bertz CT molecular complexity index is 864. The minimum atomic E-state index is -0.268. The number of benzene rings is 1. The highest BCUT2D eigenvalue weighted by atomic mass is 35.5. The lowest BCUT2D eigenvalue weighted by Crippen LogP contribution is -2.50. The molecule has 7 heteroatoms. The van der Waals surface area contributed by atoms with E-state index in [0.29, 0.717) is 24.7 Å². The van der Waals surface area contributed by atoms with Gasteiger partial charge in [-0.05, 0) is 36.6 Å². The van der Waals surface area contributed by atoms with E-state index in [1.54, 1.807) is 4.90 Å². The minimum Gasteiger partial charge on any atom is -0.348 e. The standard InChI is InChI=1S/C22H29ClN4O2/c1-4-24-22(29)26(14-16(2)3)15-20(28)27-13-12-25-11-7-10-19(25)21(27)17-8-5-6-9-18(17)23/h5-11,16,21H,4,12-15H2,1-3H3,(H,24,29). The maximum absolute atomic E-state index is 13.4. The fraction of sp³-hybridized carbons (Fsp3) is 0.455. The lowest BCUT2D eigenvalue weighted by atomic mass is 9.99. The van der Waals surface area contributed by atoms with Crippen molar-refractivity contribution in [1.29, 1.82) is 0 Å². The number of urea groups is 1. The highest BCUT2D eigenvalue weighted by Gasteiger charge is 2.34. The van der Waals surface area contributed by atoms with Crippen molar-refractivity contribution in [2.24, 2.45) is 5.92 Å². The number of nitrogens with one attached hydrogen (secondary N) is 1. The van der Waals surface area contributed by atoms with Crippen LogP contribution in [0, 0.1) is 5.92 Å². The molecule has 0 spiro atoms. The predicted molar refractivity (Wildman–Crippen MR) is 115 cm³/mol. The number of halogens is 1. The smallest absolute Gasteiger partial charge is 0.317 e. The SMILES string of the molecule is CCNC(=O)N(CC(=O)N1CCn2cccc2C1c1ccccc1Cl)CC(C)C. The van der Waals surface area contributed by atoms with Crippen LogP contribution >= 0.6 is 11.6 Å². The van der Waals surface area contributed by atoms with Gasteiger partial charge in [-0.25, -0.2) is 4.79 Å². The number of nitrogens with zero attached hydrogens (tertiary/aromatic N) is 3. The summed E-state index contributed by atoms with van der Waals surface area (Å²) in [6, 6.07) is 11.2. The predicted octanol–water partition coefficient (Wildman–Crippen LogP) is 3.76. The Morgan fingerprint density at radius 3 is 2.66 bits per heavy atom. The van der Waals surface area contributed by atoms with Gasteiger partial charge in [0.15, 0.2) is 0 Å². The van der Waals surface area contributed by atoms with Gasteiger partial charge in [-0.1, -0.05) is 43.6 Å². The van der Waals surface area contributed by atoms with E-state index in [1.165, 1.54) is 0 Å². The summed E-state index contributed by atoms with van der Waals surface area (Å²) in [6.07, 6.45) is 2.03. The second-order valence-corrected chi connectivity index (χ2v) is 8.15. The van der Waals surface area contributed by atoms with E-state index < -0.39 is 0 Å². The number of hydrogen-bond donors (Lipinski definition) is 1. The number of hydrogen-bond acceptors (Lipinski definition) is 2. The molecule has 29 heavy (non-hydrogen) atoms. The van der Waals surface area contributed by atoms with Crippen molar-refractivity contribution in [2.75, 3.05) is 26.2 Å². The van der Waals surface area contributed by atoms with Gasteiger partial charge in [0.25, 0.3) is 0 Å². The van der Waals surface area contributed by atoms with Gasteiger partial charge in [0.2, 0.25) is 5.91 Å². The molecule has 0 aliphatic carbocycles. The third-order valence-electron chi connectivity index (χ3n) is 5.09. The molecule has 0 bridgehead atoms. The van der Waals surface area contributed by atoms with Crippen molar-refractivity contribution < 1.29 is 9.59 Å². The third kappa shape index (κ3) is 4.75. The highest BCUT2D eigenvalue weighted by molar-refractivity contribution is 6.31. The molecule has 156 valence electrons. The van der Waals surface area contributed by atoms with Crippen LogP contribution in [-0.2, 0) is 11.3 Å². The van der Waals surface area contributed by atoms with Crippen LogP contribution in [0.5, 0.6) is 0 Å². The molecular formula is C22H29ClN4O2. The number of aromatic nitrogens is 1. The average Bonchev–Trinajstić information content (AvgIpc) is 3.16. The molecule has 2 heterocycles. The molecule has 1 N–H and O–H groups in total. The van der Waals surface area contributed by atoms with Crippen molar-refractivity contribution in [3.8, 4) is 0 Å². The summed E-state index contributed by atoms with van der Waals surface area (Å²) in [5.41, 5.74) is 1.93. The minimum absolute atomic E-state index is 0.0473. The van der Waals surface area contributed by atoms with Gasteiger partial charge in [0.1, 0.15) is 6.54 Å². The van der Waals surface area contributed by atoms with Gasteiger partial charge in [-0.3, -0.25) is 4.79 Å². The zero-order valence-electron chi connectivity index (χ0n) is 17.3. The molecule has 1 aromatic carbocycles. The van der Waals surface area contributed by atoms with Crippen LogP contribution in [-0.4, -0.2) is 52.5 Å². The van der Waals surface area contributed by atoms with E-state index in [1.807, 2.05) is 68.3 Å². The van der Waals surface area contributed by atoms with E-state index in [9.17, 15) is 9.59 Å². The van der Waals surface area contributed by atoms with Gasteiger partial charge >= 0.3 is 6.03 Å². The summed E-state index contributed by atoms with van der Waals surface area (Å²) in [4.78, 5) is 29.3. The summed E-state index contributed by atoms with van der Waals surface area (Å²) in [5, 5.41) is 3.45. The summed E-state index contributed by atoms with van der Waals surface area (Å²) in [7, 11) is 0. The molecule has 3 rings (SSSR count). The van der Waals surface area contributed by atoms with Crippen LogP contribution in [0.3, 0.4) is 0 Å². The zero-order chi connectivity index (χ0) is 21.0. The number of carbonyl (C=O) groups excluding carboxylic acids is 2. The summed E-state index contributed by atoms with van der Waals surface area (Å²) in [6.45, 7) is 8.35. The normalized spacial score (nSPS) is 15.9. The average molecular weight is 417 g/mol. The fourth-order valence-electron chi connectivity index (χ4n) is 3.85. The first-order valence-electron chi connectivity index (χ1n) is 10.1. The first-order valence-corrected chi connectivity index (χ1v) is 10.5. The molecule has 0 radical (unpaired) electrons. The molecule has 0 saturated heterocycles. The highest BCUT2D eigenvalue weighted by Crippen LogP contribution is 2.36. The Morgan fingerprint density at radius 2 is 1.97 bits per heavy atom. The molecule has 1 aromatic heterocycles. The van der Waals surface area contributed by atoms with Gasteiger partial charge in [0, 0.05) is 43.1 Å². The quantitative estimate of drug-likeness (QED) is 0.779. The van der Waals surface area contributed by atoms with Crippen LogP contribution in [0.1, 0.15) is 38.1 Å². The molecular weight excluding hydrogens is 388 g/mol. The van der Waals surface area contributed by atoms with E-state index in [-0.39, 0.29) is 30.4 Å². The maximum Gasteiger partial charge on any atom is 0.317 e. The molecule has 1 aliphatic rings. The van der Waals surface area contributed by atoms with Gasteiger partial charge in [-0.15, -0.1) is 0 Å². The van der Waals surface area contributed by atoms with Crippen LogP contribution in [0.15, 0.2) is 42.6 Å². The Kier molecular flexibility index (Phi) is 6.85. The monoisotopic (exact) mass is 416 g/mol. The molecule has 1 unspecified atom stereocenters. The van der Waals surface area contributed by atoms with Gasteiger partial charge < -0.3 is 19.7 Å². The molecule has 2 aromatic rings. The second kappa shape index (κ2) is 9.35. The van der Waals surface area contributed by atoms with Crippen molar-refractivity contribution in [3.05, 3.63) is 58.9 Å². The Morgan fingerprint density at radius 1 is 1.21 bits per heavy atom.